The highest BCUT2D eigenvalue weighted by Gasteiger charge is 2.17. The van der Waals surface area contributed by atoms with E-state index in [1.54, 1.807) is 6.20 Å². The van der Waals surface area contributed by atoms with Gasteiger partial charge < -0.3 is 15.2 Å². The minimum absolute atomic E-state index is 0.158. The maximum absolute atomic E-state index is 5.69. The molecule has 1 atom stereocenters. The predicted molar refractivity (Wildman–Crippen MR) is 56.8 cm³/mol. The normalized spacial score (nSPS) is 20.5. The summed E-state index contributed by atoms with van der Waals surface area (Å²) in [4.78, 5) is 4.17. The summed E-state index contributed by atoms with van der Waals surface area (Å²) < 4.78 is 10.9. The average Bonchev–Trinajstić information content (AvgIpc) is 2.71. The van der Waals surface area contributed by atoms with Crippen molar-refractivity contribution in [2.24, 2.45) is 5.73 Å². The Morgan fingerprint density at radius 1 is 1.60 bits per heavy atom. The molecule has 1 aromatic heterocycles. The Morgan fingerprint density at radius 2 is 2.53 bits per heavy atom. The third-order valence-electron chi connectivity index (χ3n) is 2.41. The summed E-state index contributed by atoms with van der Waals surface area (Å²) in [6, 6.07) is 3.91. The second-order valence-electron chi connectivity index (χ2n) is 3.64. The summed E-state index contributed by atoms with van der Waals surface area (Å²) in [5.41, 5.74) is 6.66. The predicted octanol–water partition coefficient (Wildman–Crippen LogP) is 0.750. The van der Waals surface area contributed by atoms with Gasteiger partial charge >= 0.3 is 0 Å². The molecule has 2 N–H and O–H groups in total. The average molecular weight is 208 g/mol. The molecule has 4 heteroatoms. The fourth-order valence-corrected chi connectivity index (χ4v) is 1.61. The molecule has 0 aromatic carbocycles. The summed E-state index contributed by atoms with van der Waals surface area (Å²) in [7, 11) is 0. The molecule has 15 heavy (non-hydrogen) atoms. The van der Waals surface area contributed by atoms with Crippen molar-refractivity contribution in [2.75, 3.05) is 19.8 Å². The first kappa shape index (κ1) is 10.4. The zero-order valence-electron chi connectivity index (χ0n) is 8.69. The number of nitrogens with zero attached hydrogens (tertiary/aromatic N) is 1. The fraction of sp³-hybridized carbons (Fsp3) is 0.545. The Labute approximate surface area is 89.4 Å². The van der Waals surface area contributed by atoms with Gasteiger partial charge in [-0.2, -0.15) is 0 Å². The van der Waals surface area contributed by atoms with Crippen molar-refractivity contribution >= 4 is 0 Å². The monoisotopic (exact) mass is 208 g/mol. The van der Waals surface area contributed by atoms with Crippen molar-refractivity contribution in [3.8, 4) is 5.88 Å². The summed E-state index contributed by atoms with van der Waals surface area (Å²) in [6.45, 7) is 2.10. The zero-order valence-corrected chi connectivity index (χ0v) is 8.69. The number of aromatic nitrogens is 1. The smallest absolute Gasteiger partial charge is 0.213 e. The first-order valence-electron chi connectivity index (χ1n) is 5.28. The van der Waals surface area contributed by atoms with Crippen molar-refractivity contribution < 1.29 is 9.47 Å². The van der Waals surface area contributed by atoms with Crippen LogP contribution in [0.1, 0.15) is 12.0 Å². The van der Waals surface area contributed by atoms with Crippen LogP contribution in [0.3, 0.4) is 0 Å². The van der Waals surface area contributed by atoms with Crippen LogP contribution in [0.15, 0.2) is 18.3 Å². The number of rotatable bonds is 4. The first-order chi connectivity index (χ1) is 7.38. The van der Waals surface area contributed by atoms with Crippen LogP contribution >= 0.6 is 0 Å². The van der Waals surface area contributed by atoms with Gasteiger partial charge in [-0.3, -0.25) is 0 Å². The van der Waals surface area contributed by atoms with E-state index < -0.39 is 0 Å². The van der Waals surface area contributed by atoms with Gasteiger partial charge in [0.2, 0.25) is 5.88 Å². The largest absolute Gasteiger partial charge is 0.472 e. The Hall–Kier alpha value is -1.13. The van der Waals surface area contributed by atoms with Gasteiger partial charge in [-0.15, -0.1) is 0 Å². The van der Waals surface area contributed by atoms with E-state index in [2.05, 4.69) is 4.98 Å². The third kappa shape index (κ3) is 2.91. The fourth-order valence-electron chi connectivity index (χ4n) is 1.61. The lowest BCUT2D eigenvalue weighted by molar-refractivity contribution is 0.138. The highest BCUT2D eigenvalue weighted by Crippen LogP contribution is 2.15. The zero-order chi connectivity index (χ0) is 10.5. The summed E-state index contributed by atoms with van der Waals surface area (Å²) in [5.74, 6) is 0.677. The van der Waals surface area contributed by atoms with E-state index in [9.17, 15) is 0 Å². The number of ether oxygens (including phenoxy) is 2. The molecule has 1 saturated heterocycles. The van der Waals surface area contributed by atoms with Gasteiger partial charge in [0.1, 0.15) is 6.10 Å². The van der Waals surface area contributed by atoms with Crippen molar-refractivity contribution in [1.29, 1.82) is 0 Å². The third-order valence-corrected chi connectivity index (χ3v) is 2.41. The van der Waals surface area contributed by atoms with Crippen LogP contribution in [0.25, 0.3) is 0 Å². The molecule has 4 nitrogen and oxygen atoms in total. The van der Waals surface area contributed by atoms with Gasteiger partial charge in [0.15, 0.2) is 0 Å². The Bertz CT molecular complexity index is 311. The standard InChI is InChI=1S/C11H16N2O2/c12-4-1-9-2-5-13-11(7-9)15-10-3-6-14-8-10/h2,5,7,10H,1,3-4,6,8,12H2. The number of pyridine rings is 1. The van der Waals surface area contributed by atoms with E-state index in [1.165, 1.54) is 5.56 Å². The van der Waals surface area contributed by atoms with Crippen molar-refractivity contribution in [3.63, 3.8) is 0 Å². The maximum atomic E-state index is 5.69. The molecule has 82 valence electrons. The van der Waals surface area contributed by atoms with Crippen molar-refractivity contribution in [3.05, 3.63) is 23.9 Å². The molecule has 0 spiro atoms. The minimum atomic E-state index is 0.158. The number of hydrogen-bond acceptors (Lipinski definition) is 4. The van der Waals surface area contributed by atoms with E-state index >= 15 is 0 Å². The van der Waals surface area contributed by atoms with Gasteiger partial charge in [0.25, 0.3) is 0 Å². The van der Waals surface area contributed by atoms with Crippen LogP contribution in [0, 0.1) is 0 Å². The van der Waals surface area contributed by atoms with E-state index in [0.29, 0.717) is 19.0 Å². The molecule has 0 saturated carbocycles. The lowest BCUT2D eigenvalue weighted by Gasteiger charge is -2.11. The molecular formula is C11H16N2O2. The van der Waals surface area contributed by atoms with E-state index in [1.807, 2.05) is 12.1 Å². The van der Waals surface area contributed by atoms with Gasteiger partial charge in [0, 0.05) is 18.7 Å². The molecule has 1 fully saturated rings. The van der Waals surface area contributed by atoms with E-state index in [4.69, 9.17) is 15.2 Å². The van der Waals surface area contributed by atoms with Crippen LogP contribution in [0.4, 0.5) is 0 Å². The van der Waals surface area contributed by atoms with Crippen molar-refractivity contribution in [1.82, 2.24) is 4.98 Å². The number of nitrogens with two attached hydrogens (primary N) is 1. The SMILES string of the molecule is NCCc1ccnc(OC2CCOC2)c1. The highest BCUT2D eigenvalue weighted by atomic mass is 16.5. The van der Waals surface area contributed by atoms with Crippen LogP contribution in [-0.4, -0.2) is 30.8 Å². The Morgan fingerprint density at radius 3 is 3.27 bits per heavy atom. The quantitative estimate of drug-likeness (QED) is 0.793. The lowest BCUT2D eigenvalue weighted by Crippen LogP contribution is -2.16. The molecule has 1 unspecified atom stereocenters. The molecule has 1 aromatic rings. The summed E-state index contributed by atoms with van der Waals surface area (Å²) >= 11 is 0. The molecule has 2 heterocycles. The van der Waals surface area contributed by atoms with Gasteiger partial charge in [-0.25, -0.2) is 4.98 Å². The molecule has 0 bridgehead atoms. The second kappa shape index (κ2) is 5.09. The molecule has 0 radical (unpaired) electrons. The molecule has 2 rings (SSSR count). The van der Waals surface area contributed by atoms with Crippen LogP contribution in [0.5, 0.6) is 5.88 Å². The second-order valence-corrected chi connectivity index (χ2v) is 3.64. The summed E-state index contributed by atoms with van der Waals surface area (Å²) in [5, 5.41) is 0. The molecule has 1 aliphatic heterocycles. The maximum Gasteiger partial charge on any atom is 0.213 e. The van der Waals surface area contributed by atoms with Crippen LogP contribution < -0.4 is 10.5 Å². The summed E-state index contributed by atoms with van der Waals surface area (Å²) in [6.07, 6.45) is 3.73. The molecule has 0 aliphatic carbocycles. The topological polar surface area (TPSA) is 57.4 Å². The van der Waals surface area contributed by atoms with Gasteiger partial charge in [-0.05, 0) is 24.6 Å². The minimum Gasteiger partial charge on any atom is -0.472 e. The molecule has 0 amide bonds. The van der Waals surface area contributed by atoms with Crippen LogP contribution in [-0.2, 0) is 11.2 Å². The highest BCUT2D eigenvalue weighted by molar-refractivity contribution is 5.21. The van der Waals surface area contributed by atoms with Crippen molar-refractivity contribution in [2.45, 2.75) is 18.9 Å². The molecule has 1 aliphatic rings. The lowest BCUT2D eigenvalue weighted by atomic mass is 10.2. The van der Waals surface area contributed by atoms with Gasteiger partial charge in [0.05, 0.1) is 13.2 Å². The Balaban J connectivity index is 1.97. The first-order valence-corrected chi connectivity index (χ1v) is 5.28. The van der Waals surface area contributed by atoms with Gasteiger partial charge in [-0.1, -0.05) is 0 Å². The Kier molecular flexibility index (Phi) is 3.53. The van der Waals surface area contributed by atoms with E-state index in [-0.39, 0.29) is 6.10 Å². The number of hydrogen-bond donors (Lipinski definition) is 1. The van der Waals surface area contributed by atoms with E-state index in [0.717, 1.165) is 19.4 Å². The van der Waals surface area contributed by atoms with Crippen LogP contribution in [0.2, 0.25) is 0 Å². The molecular weight excluding hydrogens is 192 g/mol.